The van der Waals surface area contributed by atoms with Crippen LogP contribution in [-0.2, 0) is 27.6 Å². The summed E-state index contributed by atoms with van der Waals surface area (Å²) in [5.41, 5.74) is 0.877. The molecule has 0 aliphatic heterocycles. The molecule has 3 aromatic rings. The molecule has 3 rings (SSSR count). The number of para-hydroxylation sites is 1. The summed E-state index contributed by atoms with van der Waals surface area (Å²) in [6.07, 6.45) is 2.81. The van der Waals surface area contributed by atoms with Crippen molar-refractivity contribution in [1.82, 2.24) is 0 Å². The number of carbonyl (C=O) groups excluding carboxylic acids is 5. The fourth-order valence-electron chi connectivity index (χ4n) is 3.55. The van der Waals surface area contributed by atoms with Crippen LogP contribution in [0.5, 0.6) is 5.75 Å². The maximum Gasteiger partial charge on any atom is 0.324 e. The summed E-state index contributed by atoms with van der Waals surface area (Å²) in [6.45, 7) is 4.81. The molecule has 0 fully saturated rings. The summed E-state index contributed by atoms with van der Waals surface area (Å²) in [5.74, 6) is -3.87. The van der Waals surface area contributed by atoms with E-state index in [9.17, 15) is 32.8 Å². The number of rotatable bonds is 12. The number of carbonyl (C=O) groups is 5. The Morgan fingerprint density at radius 2 is 1.52 bits per heavy atom. The van der Waals surface area contributed by atoms with Gasteiger partial charge in [-0.3, -0.25) is 19.2 Å². The number of Topliss-reactive ketones (excluding diaryl/α,β-unsaturated/α-hetero) is 2. The number of hydrogen-bond donors (Lipinski definition) is 4. The predicted molar refractivity (Wildman–Crippen MR) is 163 cm³/mol. The molecule has 44 heavy (non-hydrogen) atoms. The maximum absolute atomic E-state index is 12.3. The van der Waals surface area contributed by atoms with Crippen molar-refractivity contribution in [3.05, 3.63) is 82.1 Å². The number of ether oxygens (including phenoxy) is 2. The fourth-order valence-corrected chi connectivity index (χ4v) is 5.77. The van der Waals surface area contributed by atoms with Crippen LogP contribution in [0, 0.1) is 5.92 Å². The molecule has 0 radical (unpaired) electrons. The number of phenols is 1. The molecule has 2 aromatic carbocycles. The van der Waals surface area contributed by atoms with Crippen LogP contribution >= 0.6 is 11.3 Å². The van der Waals surface area contributed by atoms with Crippen molar-refractivity contribution in [3.8, 4) is 5.75 Å². The van der Waals surface area contributed by atoms with Crippen molar-refractivity contribution in [2.45, 2.75) is 27.2 Å². The molecule has 0 saturated heterocycles. The maximum atomic E-state index is 12.3. The topological polar surface area (TPSA) is 194 Å². The third-order valence-electron chi connectivity index (χ3n) is 5.55. The van der Waals surface area contributed by atoms with Crippen LogP contribution < -0.4 is 9.67 Å². The Balaban J connectivity index is 0.000000378. The summed E-state index contributed by atoms with van der Waals surface area (Å²) >= 11 is -3.84. The predicted octanol–water partition coefficient (Wildman–Crippen LogP) is 2.87. The summed E-state index contributed by atoms with van der Waals surface area (Å²) in [4.78, 5) is 59.6. The van der Waals surface area contributed by atoms with E-state index in [1.165, 1.54) is 42.5 Å². The number of nitrogens with one attached hydrogen (secondary N) is 1. The Hall–Kier alpha value is -4.29. The van der Waals surface area contributed by atoms with Gasteiger partial charge in [0.05, 0.1) is 24.5 Å². The van der Waals surface area contributed by atoms with Gasteiger partial charge in [0, 0.05) is 5.56 Å². The molecule has 4 N–H and O–H groups in total. The minimum absolute atomic E-state index is 0.156. The van der Waals surface area contributed by atoms with Gasteiger partial charge in [-0.15, -0.1) is 11.3 Å². The zero-order valence-corrected chi connectivity index (χ0v) is 26.8. The number of benzene rings is 2. The summed E-state index contributed by atoms with van der Waals surface area (Å²) in [5, 5.41) is 13.3. The van der Waals surface area contributed by atoms with E-state index in [2.05, 4.69) is 5.32 Å². The minimum Gasteiger partial charge on any atom is -0.465 e. The van der Waals surface area contributed by atoms with Crippen LogP contribution in [0.1, 0.15) is 52.8 Å². The summed E-state index contributed by atoms with van der Waals surface area (Å²) < 4.78 is 38.6. The molecule has 234 valence electrons. The zero-order chi connectivity index (χ0) is 32.9. The molecule has 0 spiro atoms. The zero-order valence-electron chi connectivity index (χ0n) is 24.1. The standard InChI is InChI=1S/C22H22O6S.C8H10AsNO5/c1-3-27-21(25)17(22(26)28-4-2)12-9-15-7-10-16(11-8-15)18(23)14-19(24)20-6-5-13-29-20;1-5(11)10-8-6(9(13,14)15)3-2-4-7(8)12/h5-13,17H,3-4,14H2,1-2H3;2-4,12H,1H3,(H,10,11)(H2,13,14,15). The Labute approximate surface area is 260 Å². The molecule has 0 aliphatic rings. The van der Waals surface area contributed by atoms with Gasteiger partial charge in [0.15, 0.2) is 17.5 Å². The number of hydrogen-bond acceptors (Lipinski definition) is 10. The Kier molecular flexibility index (Phi) is 14.0. The molecule has 0 aliphatic carbocycles. The van der Waals surface area contributed by atoms with E-state index < -0.39 is 37.9 Å². The van der Waals surface area contributed by atoms with Gasteiger partial charge in [-0.1, -0.05) is 42.5 Å². The Morgan fingerprint density at radius 1 is 0.909 bits per heavy atom. The average Bonchev–Trinajstić information content (AvgIpc) is 3.50. The first-order valence-electron chi connectivity index (χ1n) is 13.2. The number of esters is 2. The van der Waals surface area contributed by atoms with Gasteiger partial charge in [0.25, 0.3) is 0 Å². The van der Waals surface area contributed by atoms with Crippen molar-refractivity contribution < 1.29 is 50.5 Å². The van der Waals surface area contributed by atoms with E-state index >= 15 is 0 Å². The monoisotopic (exact) mass is 689 g/mol. The first-order valence-corrected chi connectivity index (χ1v) is 17.4. The Morgan fingerprint density at radius 3 is 2.02 bits per heavy atom. The van der Waals surface area contributed by atoms with Crippen LogP contribution in [0.4, 0.5) is 5.69 Å². The van der Waals surface area contributed by atoms with Crippen LogP contribution in [0.3, 0.4) is 0 Å². The number of amides is 1. The van der Waals surface area contributed by atoms with Gasteiger partial charge in [0.2, 0.25) is 0 Å². The second kappa shape index (κ2) is 17.1. The number of phenolic OH excluding ortho intramolecular Hbond substituents is 1. The second-order valence-corrected chi connectivity index (χ2v) is 13.1. The molecule has 14 heteroatoms. The normalized spacial score (nSPS) is 11.0. The minimum atomic E-state index is -5.14. The molecule has 1 heterocycles. The quantitative estimate of drug-likeness (QED) is 0.0719. The number of ketones is 2. The van der Waals surface area contributed by atoms with E-state index in [1.54, 1.807) is 61.7 Å². The molecule has 1 aromatic heterocycles. The number of aromatic hydroxyl groups is 1. The second-order valence-electron chi connectivity index (χ2n) is 8.86. The summed E-state index contributed by atoms with van der Waals surface area (Å²) in [7, 11) is 0. The number of anilines is 1. The van der Waals surface area contributed by atoms with Crippen molar-refractivity contribution in [3.63, 3.8) is 0 Å². The first-order chi connectivity index (χ1) is 20.8. The summed E-state index contributed by atoms with van der Waals surface area (Å²) in [6, 6.07) is 13.7. The van der Waals surface area contributed by atoms with Gasteiger partial charge >= 0.3 is 100 Å². The van der Waals surface area contributed by atoms with Crippen molar-refractivity contribution in [1.29, 1.82) is 0 Å². The van der Waals surface area contributed by atoms with Crippen molar-refractivity contribution in [2.24, 2.45) is 5.92 Å². The molecule has 0 atom stereocenters. The smallest absolute Gasteiger partial charge is 0.324 e. The van der Waals surface area contributed by atoms with E-state index in [1.807, 2.05) is 0 Å². The molecule has 1 amide bonds. The largest absolute Gasteiger partial charge is 0.465 e. The van der Waals surface area contributed by atoms with Crippen LogP contribution in [0.15, 0.2) is 66.1 Å². The van der Waals surface area contributed by atoms with E-state index in [4.69, 9.17) is 17.7 Å². The van der Waals surface area contributed by atoms with Crippen molar-refractivity contribution in [2.75, 3.05) is 18.5 Å². The molecule has 0 saturated carbocycles. The van der Waals surface area contributed by atoms with E-state index in [0.29, 0.717) is 16.0 Å². The fraction of sp³-hybridized carbons (Fsp3) is 0.233. The van der Waals surface area contributed by atoms with E-state index in [0.717, 1.165) is 0 Å². The van der Waals surface area contributed by atoms with Gasteiger partial charge in [-0.05, 0) is 30.9 Å². The first kappa shape index (κ1) is 35.9. The molecule has 0 unspecified atom stereocenters. The van der Waals surface area contributed by atoms with Crippen LogP contribution in [-0.4, -0.2) is 70.1 Å². The molecular formula is C30H32AsNO11S. The van der Waals surface area contributed by atoms with Gasteiger partial charge in [-0.2, -0.15) is 0 Å². The van der Waals surface area contributed by atoms with Crippen LogP contribution in [0.25, 0.3) is 6.08 Å². The van der Waals surface area contributed by atoms with Gasteiger partial charge < -0.3 is 9.47 Å². The van der Waals surface area contributed by atoms with Gasteiger partial charge in [0.1, 0.15) is 0 Å². The van der Waals surface area contributed by atoms with E-state index in [-0.39, 0.29) is 47.0 Å². The van der Waals surface area contributed by atoms with Crippen LogP contribution in [0.2, 0.25) is 0 Å². The average molecular weight is 690 g/mol. The molecule has 0 bridgehead atoms. The van der Waals surface area contributed by atoms with Crippen molar-refractivity contribution >= 4 is 71.0 Å². The SMILES string of the molecule is CC(=O)Nc1c(O)cccc1[As](=O)(O)O.CCOC(=O)C(C=Cc1ccc(C(=O)CC(=O)c2cccs2)cc1)C(=O)OCC. The molecule has 12 nitrogen and oxygen atoms in total. The third kappa shape index (κ3) is 11.1. The molecular weight excluding hydrogens is 657 g/mol. The third-order valence-corrected chi connectivity index (χ3v) is 8.56. The van der Waals surface area contributed by atoms with Gasteiger partial charge in [-0.25, -0.2) is 0 Å². The number of thiophene rings is 1. The Bertz CT molecular complexity index is 1530.